The predicted octanol–water partition coefficient (Wildman–Crippen LogP) is 2.28. The first-order valence-corrected chi connectivity index (χ1v) is 5.64. The van der Waals surface area contributed by atoms with E-state index in [-0.39, 0.29) is 5.69 Å². The lowest BCUT2D eigenvalue weighted by atomic mass is 10.2. The van der Waals surface area contributed by atoms with Crippen molar-refractivity contribution in [2.45, 2.75) is 6.92 Å². The highest BCUT2D eigenvalue weighted by atomic mass is 35.5. The van der Waals surface area contributed by atoms with Crippen molar-refractivity contribution >= 4 is 23.2 Å². The molecule has 7 heteroatoms. The molecule has 0 saturated carbocycles. The molecule has 0 atom stereocenters. The van der Waals surface area contributed by atoms with Crippen LogP contribution in [0, 0.1) is 12.7 Å². The van der Waals surface area contributed by atoms with E-state index >= 15 is 0 Å². The van der Waals surface area contributed by atoms with Crippen LogP contribution in [0.3, 0.4) is 0 Å². The molecule has 1 aromatic carbocycles. The molecule has 94 valence electrons. The molecule has 0 spiro atoms. The number of aromatic nitrogens is 2. The highest BCUT2D eigenvalue weighted by Crippen LogP contribution is 2.18. The van der Waals surface area contributed by atoms with Crippen LogP contribution in [0.25, 0.3) is 5.69 Å². The Balaban J connectivity index is 2.80. The molecule has 0 saturated heterocycles. The molecule has 0 unspecified atom stereocenters. The van der Waals surface area contributed by atoms with Crippen LogP contribution in [-0.4, -0.2) is 9.55 Å². The van der Waals surface area contributed by atoms with Crippen molar-refractivity contribution in [2.24, 2.45) is 0 Å². The fourth-order valence-electron chi connectivity index (χ4n) is 1.44. The summed E-state index contributed by atoms with van der Waals surface area (Å²) < 4.78 is 14.0. The molecule has 4 nitrogen and oxygen atoms in total. The van der Waals surface area contributed by atoms with Gasteiger partial charge >= 0.3 is 5.69 Å². The van der Waals surface area contributed by atoms with Crippen LogP contribution in [0.4, 0.5) is 4.39 Å². The van der Waals surface area contributed by atoms with Crippen LogP contribution < -0.4 is 11.2 Å². The molecular weight excluding hydrogens is 282 g/mol. The summed E-state index contributed by atoms with van der Waals surface area (Å²) in [5, 5.41) is -0.242. The summed E-state index contributed by atoms with van der Waals surface area (Å²) in [7, 11) is 0. The van der Waals surface area contributed by atoms with Crippen LogP contribution in [-0.2, 0) is 0 Å². The van der Waals surface area contributed by atoms with E-state index in [1.54, 1.807) is 13.0 Å². The largest absolute Gasteiger partial charge is 0.334 e. The smallest absolute Gasteiger partial charge is 0.295 e. The normalized spacial score (nSPS) is 10.7. The zero-order chi connectivity index (χ0) is 13.4. The van der Waals surface area contributed by atoms with Gasteiger partial charge < -0.3 is 0 Å². The molecule has 0 bridgehead atoms. The Morgan fingerprint density at radius 1 is 1.28 bits per heavy atom. The molecule has 1 N–H and O–H groups in total. The molecule has 1 aromatic heterocycles. The number of benzene rings is 1. The van der Waals surface area contributed by atoms with Gasteiger partial charge in [0.15, 0.2) is 5.15 Å². The topological polar surface area (TPSA) is 54.9 Å². The SMILES string of the molecule is Cc1ccc(-n2c(=O)[nH]c(Cl)c(F)c2=O)cc1Cl. The number of aryl methyl sites for hydroxylation is 1. The van der Waals surface area contributed by atoms with Gasteiger partial charge in [0, 0.05) is 5.02 Å². The zero-order valence-corrected chi connectivity index (χ0v) is 10.6. The van der Waals surface area contributed by atoms with Crippen LogP contribution in [0.5, 0.6) is 0 Å². The summed E-state index contributed by atoms with van der Waals surface area (Å²) in [4.78, 5) is 25.3. The standard InChI is InChI=1S/C11H7Cl2FN2O2/c1-5-2-3-6(4-7(5)12)16-10(17)8(14)9(13)15-11(16)18/h2-4H,1H3,(H,15,18). The third kappa shape index (κ3) is 2.07. The van der Waals surface area contributed by atoms with Crippen LogP contribution >= 0.6 is 23.2 Å². The van der Waals surface area contributed by atoms with E-state index in [9.17, 15) is 14.0 Å². The highest BCUT2D eigenvalue weighted by molar-refractivity contribution is 6.31. The van der Waals surface area contributed by atoms with Gasteiger partial charge in [-0.25, -0.2) is 9.36 Å². The fourth-order valence-corrected chi connectivity index (χ4v) is 1.78. The number of nitrogens with zero attached hydrogens (tertiary/aromatic N) is 1. The minimum absolute atomic E-state index is 0.174. The summed E-state index contributed by atoms with van der Waals surface area (Å²) >= 11 is 11.3. The van der Waals surface area contributed by atoms with E-state index in [4.69, 9.17) is 23.2 Å². The summed E-state index contributed by atoms with van der Waals surface area (Å²) in [5.74, 6) is -1.21. The molecule has 0 fully saturated rings. The van der Waals surface area contributed by atoms with Crippen LogP contribution in [0.15, 0.2) is 27.8 Å². The lowest BCUT2D eigenvalue weighted by molar-refractivity contribution is 0.584. The molecule has 0 aliphatic rings. The number of halogens is 3. The van der Waals surface area contributed by atoms with Gasteiger partial charge in [-0.3, -0.25) is 9.78 Å². The summed E-state index contributed by atoms with van der Waals surface area (Å²) in [6, 6.07) is 4.52. The van der Waals surface area contributed by atoms with Crippen molar-refractivity contribution in [1.82, 2.24) is 9.55 Å². The maximum absolute atomic E-state index is 13.4. The predicted molar refractivity (Wildman–Crippen MR) is 67.4 cm³/mol. The van der Waals surface area contributed by atoms with E-state index < -0.39 is 22.2 Å². The molecule has 0 aliphatic heterocycles. The van der Waals surface area contributed by atoms with Crippen molar-refractivity contribution in [2.75, 3.05) is 0 Å². The van der Waals surface area contributed by atoms with Crippen molar-refractivity contribution in [3.63, 3.8) is 0 Å². The zero-order valence-electron chi connectivity index (χ0n) is 9.13. The van der Waals surface area contributed by atoms with Gasteiger partial charge in [0.1, 0.15) is 0 Å². The molecule has 2 aromatic rings. The van der Waals surface area contributed by atoms with Crippen LogP contribution in [0.2, 0.25) is 10.2 Å². The number of hydrogen-bond acceptors (Lipinski definition) is 2. The van der Waals surface area contributed by atoms with E-state index in [1.165, 1.54) is 12.1 Å². The average molecular weight is 289 g/mol. The molecular formula is C11H7Cl2FN2O2. The summed E-state index contributed by atoms with van der Waals surface area (Å²) in [6.45, 7) is 1.77. The molecule has 0 aliphatic carbocycles. The van der Waals surface area contributed by atoms with E-state index in [0.717, 1.165) is 5.56 Å². The quantitative estimate of drug-likeness (QED) is 0.819. The monoisotopic (exact) mass is 288 g/mol. The first kappa shape index (κ1) is 12.9. The van der Waals surface area contributed by atoms with Crippen molar-refractivity contribution < 1.29 is 4.39 Å². The third-order valence-electron chi connectivity index (χ3n) is 2.42. The summed E-state index contributed by atoms with van der Waals surface area (Å²) in [6.07, 6.45) is 0. The highest BCUT2D eigenvalue weighted by Gasteiger charge is 2.14. The van der Waals surface area contributed by atoms with E-state index in [1.807, 2.05) is 4.98 Å². The minimum Gasteiger partial charge on any atom is -0.295 e. The van der Waals surface area contributed by atoms with Gasteiger partial charge in [-0.1, -0.05) is 29.3 Å². The first-order valence-electron chi connectivity index (χ1n) is 4.88. The van der Waals surface area contributed by atoms with Crippen molar-refractivity contribution in [3.8, 4) is 5.69 Å². The number of rotatable bonds is 1. The van der Waals surface area contributed by atoms with Gasteiger partial charge in [-0.05, 0) is 24.6 Å². The maximum Gasteiger partial charge on any atom is 0.334 e. The molecule has 0 radical (unpaired) electrons. The minimum atomic E-state index is -1.21. The second-order valence-electron chi connectivity index (χ2n) is 3.63. The fraction of sp³-hybridized carbons (Fsp3) is 0.0909. The number of hydrogen-bond donors (Lipinski definition) is 1. The second kappa shape index (κ2) is 4.59. The van der Waals surface area contributed by atoms with Gasteiger partial charge in [0.25, 0.3) is 5.56 Å². The number of aromatic amines is 1. The van der Waals surface area contributed by atoms with E-state index in [0.29, 0.717) is 9.59 Å². The Bertz CT molecular complexity index is 737. The molecule has 18 heavy (non-hydrogen) atoms. The van der Waals surface area contributed by atoms with Gasteiger partial charge in [-0.2, -0.15) is 4.39 Å². The number of nitrogens with one attached hydrogen (secondary N) is 1. The van der Waals surface area contributed by atoms with Gasteiger partial charge in [-0.15, -0.1) is 0 Å². The Kier molecular flexibility index (Phi) is 3.28. The maximum atomic E-state index is 13.4. The van der Waals surface area contributed by atoms with Crippen molar-refractivity contribution in [3.05, 3.63) is 60.6 Å². The summed E-state index contributed by atoms with van der Waals surface area (Å²) in [5.41, 5.74) is -0.998. The van der Waals surface area contributed by atoms with Gasteiger partial charge in [0.2, 0.25) is 5.82 Å². The Labute approximate surface area is 111 Å². The van der Waals surface area contributed by atoms with Crippen molar-refractivity contribution in [1.29, 1.82) is 0 Å². The van der Waals surface area contributed by atoms with Gasteiger partial charge in [0.05, 0.1) is 5.69 Å². The average Bonchev–Trinajstić information content (AvgIpc) is 2.31. The Morgan fingerprint density at radius 3 is 2.56 bits per heavy atom. The van der Waals surface area contributed by atoms with Crippen LogP contribution in [0.1, 0.15) is 5.56 Å². The third-order valence-corrected chi connectivity index (χ3v) is 3.08. The number of H-pyrrole nitrogens is 1. The molecule has 2 rings (SSSR count). The lowest BCUT2D eigenvalue weighted by Crippen LogP contribution is -2.35. The Hall–Kier alpha value is -1.59. The van der Waals surface area contributed by atoms with E-state index in [2.05, 4.69) is 0 Å². The Morgan fingerprint density at radius 2 is 1.94 bits per heavy atom. The lowest BCUT2D eigenvalue weighted by Gasteiger charge is -2.06. The molecule has 1 heterocycles. The first-order chi connectivity index (χ1) is 8.41. The second-order valence-corrected chi connectivity index (χ2v) is 4.42. The molecule has 0 amide bonds.